The van der Waals surface area contributed by atoms with E-state index >= 15 is 0 Å². The van der Waals surface area contributed by atoms with Crippen molar-refractivity contribution in [2.24, 2.45) is 5.73 Å². The number of para-hydroxylation sites is 1. The van der Waals surface area contributed by atoms with E-state index in [2.05, 4.69) is 0 Å². The molecule has 2 nitrogen and oxygen atoms in total. The summed E-state index contributed by atoms with van der Waals surface area (Å²) in [6.07, 6.45) is -3.16. The predicted octanol–water partition coefficient (Wildman–Crippen LogP) is 3.38. The maximum absolute atomic E-state index is 12.7. The van der Waals surface area contributed by atoms with Gasteiger partial charge >= 0.3 is 12.3 Å². The molecular formula is C12H15F4NO. The molecule has 0 aliphatic carbocycles. The molecule has 0 aromatic heterocycles. The highest BCUT2D eigenvalue weighted by Gasteiger charge is 2.41. The third kappa shape index (κ3) is 3.60. The van der Waals surface area contributed by atoms with Crippen molar-refractivity contribution in [2.45, 2.75) is 31.7 Å². The van der Waals surface area contributed by atoms with Crippen LogP contribution in [-0.2, 0) is 0 Å². The Labute approximate surface area is 103 Å². The Morgan fingerprint density at radius 1 is 1.28 bits per heavy atom. The Morgan fingerprint density at radius 2 is 1.89 bits per heavy atom. The Balaban J connectivity index is 2.79. The molecule has 0 fully saturated rings. The Hall–Kier alpha value is -1.30. The topological polar surface area (TPSA) is 35.2 Å². The van der Waals surface area contributed by atoms with E-state index in [1.165, 1.54) is 6.07 Å². The van der Waals surface area contributed by atoms with Gasteiger partial charge in [-0.1, -0.05) is 25.1 Å². The van der Waals surface area contributed by atoms with Crippen LogP contribution in [0.2, 0.25) is 0 Å². The van der Waals surface area contributed by atoms with Gasteiger partial charge in [-0.25, -0.2) is 8.78 Å². The molecule has 18 heavy (non-hydrogen) atoms. The molecule has 0 saturated carbocycles. The van der Waals surface area contributed by atoms with Gasteiger partial charge in [0.2, 0.25) is 0 Å². The fraction of sp³-hybridized carbons (Fsp3) is 0.500. The van der Waals surface area contributed by atoms with E-state index in [1.54, 1.807) is 18.2 Å². The number of hydrogen-bond donors (Lipinski definition) is 1. The molecule has 0 bridgehead atoms. The van der Waals surface area contributed by atoms with Gasteiger partial charge in [-0.15, -0.1) is 0 Å². The summed E-state index contributed by atoms with van der Waals surface area (Å²) in [6, 6.07) is 5.95. The molecule has 2 N–H and O–H groups in total. The average Bonchev–Trinajstić information content (AvgIpc) is 2.35. The summed E-state index contributed by atoms with van der Waals surface area (Å²) in [6.45, 7) is 0.466. The SMILES string of the molecule is CCC(N)c1ccccc1OCC(F)(F)C(F)F. The third-order valence-electron chi connectivity index (χ3n) is 2.50. The first-order chi connectivity index (χ1) is 8.38. The van der Waals surface area contributed by atoms with Crippen LogP contribution >= 0.6 is 0 Å². The second kappa shape index (κ2) is 6.04. The van der Waals surface area contributed by atoms with Crippen LogP contribution < -0.4 is 10.5 Å². The van der Waals surface area contributed by atoms with Gasteiger partial charge in [0.15, 0.2) is 6.61 Å². The van der Waals surface area contributed by atoms with Crippen molar-refractivity contribution in [3.63, 3.8) is 0 Å². The van der Waals surface area contributed by atoms with Gasteiger partial charge in [0.25, 0.3) is 0 Å². The second-order valence-corrected chi connectivity index (χ2v) is 3.90. The fourth-order valence-corrected chi connectivity index (χ4v) is 1.38. The van der Waals surface area contributed by atoms with E-state index in [4.69, 9.17) is 10.5 Å². The molecule has 0 aliphatic heterocycles. The minimum absolute atomic E-state index is 0.118. The van der Waals surface area contributed by atoms with E-state index in [1.807, 2.05) is 6.92 Å². The van der Waals surface area contributed by atoms with Gasteiger partial charge in [-0.2, -0.15) is 8.78 Å². The van der Waals surface area contributed by atoms with Crippen molar-refractivity contribution >= 4 is 0 Å². The smallest absolute Gasteiger partial charge is 0.340 e. The quantitative estimate of drug-likeness (QED) is 0.800. The van der Waals surface area contributed by atoms with Gasteiger partial charge in [0.1, 0.15) is 5.75 Å². The van der Waals surface area contributed by atoms with Crippen LogP contribution in [-0.4, -0.2) is 19.0 Å². The average molecular weight is 265 g/mol. The molecule has 1 atom stereocenters. The van der Waals surface area contributed by atoms with Crippen LogP contribution in [0.25, 0.3) is 0 Å². The molecule has 0 spiro atoms. The minimum Gasteiger partial charge on any atom is -0.487 e. The second-order valence-electron chi connectivity index (χ2n) is 3.90. The minimum atomic E-state index is -4.16. The highest BCUT2D eigenvalue weighted by Crippen LogP contribution is 2.28. The summed E-state index contributed by atoms with van der Waals surface area (Å²) in [7, 11) is 0. The maximum atomic E-state index is 12.7. The molecule has 0 saturated heterocycles. The standard InChI is InChI=1S/C12H15F4NO/c1-2-9(17)8-5-3-4-6-10(8)18-7-12(15,16)11(13)14/h3-6,9,11H,2,7,17H2,1H3. The van der Waals surface area contributed by atoms with Crippen LogP contribution in [0, 0.1) is 0 Å². The van der Waals surface area contributed by atoms with Crippen molar-refractivity contribution in [3.05, 3.63) is 29.8 Å². The first kappa shape index (κ1) is 14.8. The molecule has 0 radical (unpaired) electrons. The Morgan fingerprint density at radius 3 is 2.44 bits per heavy atom. The van der Waals surface area contributed by atoms with Gasteiger partial charge in [-0.3, -0.25) is 0 Å². The lowest BCUT2D eigenvalue weighted by Gasteiger charge is -2.19. The summed E-state index contributed by atoms with van der Waals surface area (Å²) in [5.41, 5.74) is 6.31. The summed E-state index contributed by atoms with van der Waals surface area (Å²) in [5, 5.41) is 0. The zero-order valence-corrected chi connectivity index (χ0v) is 9.88. The summed E-state index contributed by atoms with van der Waals surface area (Å²) in [4.78, 5) is 0. The lowest BCUT2D eigenvalue weighted by Crippen LogP contribution is -2.34. The van der Waals surface area contributed by atoms with Crippen molar-refractivity contribution in [2.75, 3.05) is 6.61 Å². The van der Waals surface area contributed by atoms with Crippen molar-refractivity contribution in [3.8, 4) is 5.75 Å². The molecule has 1 aromatic rings. The molecule has 0 amide bonds. The zero-order chi connectivity index (χ0) is 13.8. The molecule has 102 valence electrons. The lowest BCUT2D eigenvalue weighted by molar-refractivity contribution is -0.148. The van der Waals surface area contributed by atoms with E-state index in [-0.39, 0.29) is 11.8 Å². The highest BCUT2D eigenvalue weighted by molar-refractivity contribution is 5.35. The number of nitrogens with two attached hydrogens (primary N) is 1. The van der Waals surface area contributed by atoms with Crippen molar-refractivity contribution in [1.29, 1.82) is 0 Å². The third-order valence-corrected chi connectivity index (χ3v) is 2.50. The van der Waals surface area contributed by atoms with Gasteiger partial charge in [0.05, 0.1) is 0 Å². The number of benzene rings is 1. The molecule has 0 aliphatic rings. The first-order valence-corrected chi connectivity index (χ1v) is 5.51. The molecule has 1 aromatic carbocycles. The van der Waals surface area contributed by atoms with E-state index in [9.17, 15) is 17.6 Å². The Kier molecular flexibility index (Phi) is 4.95. The number of halogens is 4. The van der Waals surface area contributed by atoms with Gasteiger partial charge < -0.3 is 10.5 Å². The number of alkyl halides is 4. The van der Waals surface area contributed by atoms with Crippen molar-refractivity contribution < 1.29 is 22.3 Å². The van der Waals surface area contributed by atoms with Crippen LogP contribution in [0.1, 0.15) is 24.9 Å². The van der Waals surface area contributed by atoms with Crippen LogP contribution in [0.4, 0.5) is 17.6 Å². The summed E-state index contributed by atoms with van der Waals surface area (Å²) < 4.78 is 54.2. The number of ether oxygens (including phenoxy) is 1. The van der Waals surface area contributed by atoms with Crippen LogP contribution in [0.3, 0.4) is 0 Å². The van der Waals surface area contributed by atoms with E-state index in [0.717, 1.165) is 0 Å². The van der Waals surface area contributed by atoms with Crippen molar-refractivity contribution in [1.82, 2.24) is 0 Å². The monoisotopic (exact) mass is 265 g/mol. The molecular weight excluding hydrogens is 250 g/mol. The molecule has 1 rings (SSSR count). The Bertz CT molecular complexity index is 384. The van der Waals surface area contributed by atoms with E-state index in [0.29, 0.717) is 12.0 Å². The van der Waals surface area contributed by atoms with Crippen LogP contribution in [0.15, 0.2) is 24.3 Å². The highest BCUT2D eigenvalue weighted by atomic mass is 19.3. The molecule has 0 heterocycles. The van der Waals surface area contributed by atoms with Gasteiger partial charge in [-0.05, 0) is 12.5 Å². The maximum Gasteiger partial charge on any atom is 0.340 e. The molecule has 6 heteroatoms. The first-order valence-electron chi connectivity index (χ1n) is 5.51. The molecule has 1 unspecified atom stereocenters. The fourth-order valence-electron chi connectivity index (χ4n) is 1.38. The normalized spacial score (nSPS) is 13.7. The number of rotatable bonds is 6. The summed E-state index contributed by atoms with van der Waals surface area (Å²) >= 11 is 0. The van der Waals surface area contributed by atoms with Gasteiger partial charge in [0, 0.05) is 11.6 Å². The predicted molar refractivity (Wildman–Crippen MR) is 60.1 cm³/mol. The zero-order valence-electron chi connectivity index (χ0n) is 9.88. The van der Waals surface area contributed by atoms with E-state index < -0.39 is 19.0 Å². The largest absolute Gasteiger partial charge is 0.487 e. The number of hydrogen-bond acceptors (Lipinski definition) is 2. The van der Waals surface area contributed by atoms with Crippen LogP contribution in [0.5, 0.6) is 5.75 Å². The lowest BCUT2D eigenvalue weighted by atomic mass is 10.0. The summed E-state index contributed by atoms with van der Waals surface area (Å²) in [5.74, 6) is -4.05.